The number of imide groups is 1. The summed E-state index contributed by atoms with van der Waals surface area (Å²) < 4.78 is 0. The third-order valence-electron chi connectivity index (χ3n) is 4.73. The molecular formula is C19H18N2O2S. The highest BCUT2D eigenvalue weighted by molar-refractivity contribution is 7.10. The molecule has 1 aliphatic heterocycles. The van der Waals surface area contributed by atoms with Crippen LogP contribution in [0.1, 0.15) is 28.8 Å². The van der Waals surface area contributed by atoms with Gasteiger partial charge in [0, 0.05) is 17.0 Å². The quantitative estimate of drug-likeness (QED) is 0.870. The van der Waals surface area contributed by atoms with Crippen LogP contribution in [0.3, 0.4) is 0 Å². The Labute approximate surface area is 144 Å². The first-order valence-electron chi connectivity index (χ1n) is 8.13. The van der Waals surface area contributed by atoms with E-state index in [0.29, 0.717) is 13.0 Å². The first-order chi connectivity index (χ1) is 11.7. The molecule has 1 fully saturated rings. The second-order valence-electron chi connectivity index (χ2n) is 6.18. The predicted molar refractivity (Wildman–Crippen MR) is 94.7 cm³/mol. The summed E-state index contributed by atoms with van der Waals surface area (Å²) >= 11 is 1.67. The van der Waals surface area contributed by atoms with Gasteiger partial charge in [-0.3, -0.25) is 9.69 Å². The number of aryl methyl sites for hydroxylation is 1. The van der Waals surface area contributed by atoms with Gasteiger partial charge < -0.3 is 5.32 Å². The normalized spacial score (nSPS) is 23.1. The van der Waals surface area contributed by atoms with Crippen molar-refractivity contribution in [2.24, 2.45) is 0 Å². The van der Waals surface area contributed by atoms with Crippen molar-refractivity contribution >= 4 is 29.4 Å². The zero-order valence-electron chi connectivity index (χ0n) is 13.2. The van der Waals surface area contributed by atoms with Crippen molar-refractivity contribution < 1.29 is 9.59 Å². The summed E-state index contributed by atoms with van der Waals surface area (Å²) in [6.45, 7) is 0.292. The lowest BCUT2D eigenvalue weighted by Crippen LogP contribution is -2.46. The Bertz CT molecular complexity index is 812. The van der Waals surface area contributed by atoms with Crippen LogP contribution in [0.4, 0.5) is 4.79 Å². The van der Waals surface area contributed by atoms with Crippen molar-refractivity contribution in [1.29, 1.82) is 0 Å². The minimum atomic E-state index is -0.842. The first-order valence-corrected chi connectivity index (χ1v) is 9.01. The number of hydrogen-bond acceptors (Lipinski definition) is 3. The van der Waals surface area contributed by atoms with Gasteiger partial charge in [0.25, 0.3) is 5.91 Å². The van der Waals surface area contributed by atoms with E-state index in [1.54, 1.807) is 11.3 Å². The van der Waals surface area contributed by atoms with Gasteiger partial charge in [0.15, 0.2) is 0 Å². The minimum Gasteiger partial charge on any atom is -0.319 e. The molecule has 0 bridgehead atoms. The number of benzene rings is 1. The van der Waals surface area contributed by atoms with Gasteiger partial charge in [0.1, 0.15) is 5.54 Å². The molecule has 24 heavy (non-hydrogen) atoms. The number of nitrogens with one attached hydrogen (secondary N) is 1. The van der Waals surface area contributed by atoms with Crippen molar-refractivity contribution in [3.05, 3.63) is 63.9 Å². The number of thiophene rings is 1. The van der Waals surface area contributed by atoms with E-state index in [0.717, 1.165) is 24.0 Å². The lowest BCUT2D eigenvalue weighted by molar-refractivity contribution is -0.131. The Morgan fingerprint density at radius 3 is 2.88 bits per heavy atom. The van der Waals surface area contributed by atoms with Crippen LogP contribution in [0.5, 0.6) is 0 Å². The van der Waals surface area contributed by atoms with Crippen LogP contribution >= 0.6 is 11.3 Å². The molecule has 1 spiro atoms. The fraction of sp³-hybridized carbons (Fsp3) is 0.263. The molecule has 2 aliphatic rings. The van der Waals surface area contributed by atoms with Gasteiger partial charge in [0.05, 0.1) is 0 Å². The zero-order chi connectivity index (χ0) is 16.6. The maximum absolute atomic E-state index is 13.0. The van der Waals surface area contributed by atoms with Crippen LogP contribution < -0.4 is 5.32 Å². The first kappa shape index (κ1) is 15.1. The molecule has 3 amide bonds. The van der Waals surface area contributed by atoms with Crippen LogP contribution in [0, 0.1) is 0 Å². The second-order valence-corrected chi connectivity index (χ2v) is 7.18. The van der Waals surface area contributed by atoms with E-state index in [4.69, 9.17) is 0 Å². The lowest BCUT2D eigenvalue weighted by atomic mass is 9.80. The Balaban J connectivity index is 1.56. The van der Waals surface area contributed by atoms with Gasteiger partial charge in [-0.15, -0.1) is 11.3 Å². The van der Waals surface area contributed by atoms with Crippen molar-refractivity contribution in [2.45, 2.75) is 24.8 Å². The number of hydrogen-bond donors (Lipinski definition) is 1. The van der Waals surface area contributed by atoms with Crippen molar-refractivity contribution in [1.82, 2.24) is 10.2 Å². The number of urea groups is 1. The zero-order valence-corrected chi connectivity index (χ0v) is 14.0. The molecule has 4 nitrogen and oxygen atoms in total. The van der Waals surface area contributed by atoms with Crippen LogP contribution in [0.25, 0.3) is 6.08 Å². The summed E-state index contributed by atoms with van der Waals surface area (Å²) in [5, 5.41) is 4.98. The molecule has 5 heteroatoms. The van der Waals surface area contributed by atoms with Crippen LogP contribution in [0.2, 0.25) is 0 Å². The molecule has 122 valence electrons. The van der Waals surface area contributed by atoms with Crippen molar-refractivity contribution in [3.8, 4) is 0 Å². The van der Waals surface area contributed by atoms with Crippen molar-refractivity contribution in [3.63, 3.8) is 0 Å². The van der Waals surface area contributed by atoms with Gasteiger partial charge in [-0.05, 0) is 36.3 Å². The third kappa shape index (κ3) is 2.36. The number of amides is 3. The number of carbonyl (C=O) groups excluding carboxylic acids is 2. The van der Waals surface area contributed by atoms with Crippen LogP contribution in [-0.2, 0) is 16.8 Å². The number of nitrogens with zero attached hydrogens (tertiary/aromatic N) is 1. The Morgan fingerprint density at radius 1 is 1.21 bits per heavy atom. The number of carbonyl (C=O) groups is 2. The molecule has 1 aliphatic carbocycles. The summed E-state index contributed by atoms with van der Waals surface area (Å²) in [5.74, 6) is -0.121. The van der Waals surface area contributed by atoms with Gasteiger partial charge in [-0.25, -0.2) is 4.79 Å². The molecule has 2 aromatic rings. The molecule has 1 saturated heterocycles. The summed E-state index contributed by atoms with van der Waals surface area (Å²) in [5.41, 5.74) is 1.20. The van der Waals surface area contributed by atoms with E-state index in [2.05, 4.69) is 5.32 Å². The standard InChI is InChI=1S/C19H18N2O2S/c22-17-19(11-4-9-16-15(19)10-13-24-16)20-18(23)21(17)12-5-8-14-6-2-1-3-7-14/h1-3,5-8,10,13H,4,9,11-12H2,(H,20,23)/b8-5+. The Morgan fingerprint density at radius 2 is 2.04 bits per heavy atom. The molecule has 1 N–H and O–H groups in total. The number of fused-ring (bicyclic) bond motifs is 2. The highest BCUT2D eigenvalue weighted by Crippen LogP contribution is 2.42. The predicted octanol–water partition coefficient (Wildman–Crippen LogP) is 3.54. The average molecular weight is 338 g/mol. The van der Waals surface area contributed by atoms with Crippen LogP contribution in [0.15, 0.2) is 47.9 Å². The molecule has 1 aromatic heterocycles. The van der Waals surface area contributed by atoms with Crippen LogP contribution in [-0.4, -0.2) is 23.4 Å². The van der Waals surface area contributed by atoms with Crippen molar-refractivity contribution in [2.75, 3.05) is 6.54 Å². The summed E-state index contributed by atoms with van der Waals surface area (Å²) in [6.07, 6.45) is 6.39. The maximum atomic E-state index is 13.0. The molecule has 4 rings (SSSR count). The van der Waals surface area contributed by atoms with Gasteiger partial charge in [-0.2, -0.15) is 0 Å². The summed E-state index contributed by atoms with van der Waals surface area (Å²) in [4.78, 5) is 27.9. The fourth-order valence-corrected chi connectivity index (χ4v) is 4.57. The molecule has 1 atom stereocenters. The molecule has 1 unspecified atom stereocenters. The Hall–Kier alpha value is -2.40. The summed E-state index contributed by atoms with van der Waals surface area (Å²) in [7, 11) is 0. The van der Waals surface area contributed by atoms with E-state index in [1.807, 2.05) is 53.9 Å². The van der Waals surface area contributed by atoms with E-state index < -0.39 is 5.54 Å². The molecule has 1 aromatic carbocycles. The molecule has 0 saturated carbocycles. The lowest BCUT2D eigenvalue weighted by Gasteiger charge is -2.31. The highest BCUT2D eigenvalue weighted by Gasteiger charge is 2.53. The topological polar surface area (TPSA) is 49.4 Å². The molecule has 2 heterocycles. The number of rotatable bonds is 3. The van der Waals surface area contributed by atoms with Gasteiger partial charge in [-0.1, -0.05) is 42.5 Å². The van der Waals surface area contributed by atoms with E-state index in [-0.39, 0.29) is 11.9 Å². The van der Waals surface area contributed by atoms with E-state index >= 15 is 0 Å². The molecule has 0 radical (unpaired) electrons. The fourth-order valence-electron chi connectivity index (χ4n) is 3.57. The minimum absolute atomic E-state index is 0.121. The second kappa shape index (κ2) is 5.91. The van der Waals surface area contributed by atoms with Gasteiger partial charge >= 0.3 is 6.03 Å². The Kier molecular flexibility index (Phi) is 3.73. The van der Waals surface area contributed by atoms with Gasteiger partial charge in [0.2, 0.25) is 0 Å². The SMILES string of the molecule is O=C1NC2(CCCc3sccc32)C(=O)N1C/C=C/c1ccccc1. The molecular weight excluding hydrogens is 320 g/mol. The smallest absolute Gasteiger partial charge is 0.319 e. The largest absolute Gasteiger partial charge is 0.325 e. The van der Waals surface area contributed by atoms with E-state index in [1.165, 1.54) is 9.78 Å². The maximum Gasteiger partial charge on any atom is 0.325 e. The average Bonchev–Trinajstić information content (AvgIpc) is 3.16. The monoisotopic (exact) mass is 338 g/mol. The highest BCUT2D eigenvalue weighted by atomic mass is 32.1. The third-order valence-corrected chi connectivity index (χ3v) is 5.72. The van der Waals surface area contributed by atoms with E-state index in [9.17, 15) is 9.59 Å². The summed E-state index contributed by atoms with van der Waals surface area (Å²) in [6, 6.07) is 11.5.